The molecule has 0 aliphatic carbocycles. The highest BCUT2D eigenvalue weighted by atomic mass is 127. The second-order valence-corrected chi connectivity index (χ2v) is 18.2. The van der Waals surface area contributed by atoms with E-state index in [0.29, 0.717) is 39.5 Å². The zero-order valence-electron chi connectivity index (χ0n) is 31.2. The van der Waals surface area contributed by atoms with Gasteiger partial charge in [-0.3, -0.25) is 19.4 Å². The predicted octanol–water partition coefficient (Wildman–Crippen LogP) is 12.1. The molecule has 3 aromatic heterocycles. The van der Waals surface area contributed by atoms with Crippen LogP contribution in [0.1, 0.15) is 28.9 Å². The first-order chi connectivity index (χ1) is 28.6. The number of pyridine rings is 1. The van der Waals surface area contributed by atoms with Crippen LogP contribution in [0, 0.1) is 36.6 Å². The monoisotopic (exact) mass is 1170 g/mol. The molecule has 1 N–H and O–H groups in total. The Labute approximate surface area is 396 Å². The number of Topliss-reactive ketones (excluding diaryl/α,β-unsaturated/α-hetero) is 1. The van der Waals surface area contributed by atoms with Crippen molar-refractivity contribution >= 4 is 127 Å². The van der Waals surface area contributed by atoms with Crippen LogP contribution in [0.3, 0.4) is 0 Å². The number of amides is 1. The van der Waals surface area contributed by atoms with Crippen molar-refractivity contribution in [2.45, 2.75) is 24.5 Å². The summed E-state index contributed by atoms with van der Waals surface area (Å²) in [6, 6.07) is 28.2. The van der Waals surface area contributed by atoms with Gasteiger partial charge in [0, 0.05) is 44.3 Å². The van der Waals surface area contributed by atoms with Gasteiger partial charge < -0.3 is 5.32 Å². The lowest BCUT2D eigenvalue weighted by atomic mass is 10.1. The van der Waals surface area contributed by atoms with Crippen molar-refractivity contribution in [1.29, 1.82) is 10.5 Å². The molecular weight excluding hydrogens is 1150 g/mol. The van der Waals surface area contributed by atoms with Gasteiger partial charge in [-0.15, -0.1) is 0 Å². The Bertz CT molecular complexity index is 2500. The third-order valence-corrected chi connectivity index (χ3v) is 12.1. The van der Waals surface area contributed by atoms with E-state index in [-0.39, 0.29) is 27.6 Å². The highest BCUT2D eigenvalue weighted by Gasteiger charge is 2.34. The fourth-order valence-corrected chi connectivity index (χ4v) is 8.83. The molecule has 2 atom stereocenters. The first-order valence-electron chi connectivity index (χ1n) is 17.2. The van der Waals surface area contributed by atoms with Gasteiger partial charge in [0.25, 0.3) is 5.91 Å². The Hall–Kier alpha value is -3.96. The molecule has 0 spiro atoms. The summed E-state index contributed by atoms with van der Waals surface area (Å²) in [6.45, 7) is 0.555. The number of hydrogen-bond donors (Lipinski definition) is 1. The second-order valence-electron chi connectivity index (χ2n) is 12.0. The third-order valence-electron chi connectivity index (χ3n) is 7.97. The molecule has 1 unspecified atom stereocenters. The fraction of sp³-hybridized carbons (Fsp3) is 0.175. The van der Waals surface area contributed by atoms with E-state index in [0.717, 1.165) is 43.6 Å². The number of benzene rings is 3. The minimum atomic E-state index is -2.02. The summed E-state index contributed by atoms with van der Waals surface area (Å²) in [4.78, 5) is 38.4. The maximum absolute atomic E-state index is 14.3. The summed E-state index contributed by atoms with van der Waals surface area (Å²) in [7, 11) is 3.26. The van der Waals surface area contributed by atoms with E-state index in [4.69, 9.17) is 22.1 Å². The van der Waals surface area contributed by atoms with Gasteiger partial charge in [0.05, 0.1) is 11.6 Å². The number of anilines is 2. The van der Waals surface area contributed by atoms with Crippen molar-refractivity contribution in [1.82, 2.24) is 19.9 Å². The summed E-state index contributed by atoms with van der Waals surface area (Å²) in [5, 5.41) is 20.9. The van der Waals surface area contributed by atoms with Gasteiger partial charge in [0.2, 0.25) is 21.7 Å². The summed E-state index contributed by atoms with van der Waals surface area (Å²) < 4.78 is 43.9. The fourth-order valence-electron chi connectivity index (χ4n) is 5.15. The standard InChI is InChI=1S/C17H14FN5OS.C10H8BrFN2S.C7H4BrClFNO.C6H4BrI/c1-22(16(24)13-6-3-7-23(13)10-20)17-21-14(15(18)25-17)12-5-2-4-11(8-12)9-19;1-13-10-14-8(9(12)15-10)6-3-2-4-7(11)5-6;8-5-3-1-2-4(11-5)6(12)7(9)10;7-5-2-1-3-6(8)4-5/h2,4-5,8,13H,3,6-7H2,1H3;2-5H,1H3,(H,13,14);1-3,7H;1-4H/t13-;;;/m0.../s1. The van der Waals surface area contributed by atoms with E-state index in [1.807, 2.05) is 48.7 Å². The topological polar surface area (TPSA) is 139 Å². The maximum Gasteiger partial charge on any atom is 0.251 e. The van der Waals surface area contributed by atoms with Crippen molar-refractivity contribution in [2.75, 3.05) is 30.9 Å². The molecule has 20 heteroatoms. The summed E-state index contributed by atoms with van der Waals surface area (Å²) in [5.74, 6) is -1.09. The van der Waals surface area contributed by atoms with E-state index in [1.54, 1.807) is 43.4 Å². The molecule has 4 heterocycles. The molecule has 1 aliphatic heterocycles. The number of likely N-dealkylation sites (tertiary alicyclic amines) is 1. The van der Waals surface area contributed by atoms with Gasteiger partial charge in [-0.05, 0) is 106 Å². The van der Waals surface area contributed by atoms with E-state index >= 15 is 0 Å². The molecule has 10 nitrogen and oxygen atoms in total. The van der Waals surface area contributed by atoms with E-state index in [2.05, 4.69) is 103 Å². The van der Waals surface area contributed by atoms with Gasteiger partial charge in [-0.25, -0.2) is 19.3 Å². The van der Waals surface area contributed by atoms with Gasteiger partial charge in [-0.1, -0.05) is 103 Å². The van der Waals surface area contributed by atoms with Crippen LogP contribution < -0.4 is 10.2 Å². The highest BCUT2D eigenvalue weighted by Crippen LogP contribution is 2.33. The van der Waals surface area contributed by atoms with Crippen molar-refractivity contribution in [2.24, 2.45) is 0 Å². The molecule has 1 fully saturated rings. The SMILES string of the molecule is Brc1cccc(I)c1.CN(C(=O)[C@@H]1CCCN1C#N)c1nc(-c2cccc(C#N)c2)c(F)s1.CNc1nc(-c2cccc(Br)c2)c(F)s1.O=C(c1cccc(Br)n1)C(F)Cl. The Morgan fingerprint density at radius 2 is 1.53 bits per heavy atom. The average Bonchev–Trinajstić information content (AvgIpc) is 3.98. The number of carbonyl (C=O) groups is 2. The summed E-state index contributed by atoms with van der Waals surface area (Å²) in [5.41, 5.74) is 0.176. The first kappa shape index (κ1) is 48.7. The molecular formula is C40H30Br3ClF3IN8O2S2. The average molecular weight is 1180 g/mol. The van der Waals surface area contributed by atoms with Crippen molar-refractivity contribution < 1.29 is 22.8 Å². The van der Waals surface area contributed by atoms with Gasteiger partial charge in [0.1, 0.15) is 27.7 Å². The molecule has 0 saturated carbocycles. The van der Waals surface area contributed by atoms with Crippen LogP contribution in [0.5, 0.6) is 0 Å². The van der Waals surface area contributed by atoms with Crippen LogP contribution in [0.4, 0.5) is 23.4 Å². The number of hydrogen-bond acceptors (Lipinski definition) is 11. The number of likely N-dealkylation sites (N-methyl/N-ethyl adjacent to an activating group) is 1. The van der Waals surface area contributed by atoms with Gasteiger partial charge >= 0.3 is 0 Å². The van der Waals surface area contributed by atoms with Crippen molar-refractivity contribution in [3.05, 3.63) is 130 Å². The summed E-state index contributed by atoms with van der Waals surface area (Å²) in [6.07, 6.45) is 3.39. The number of nitrogens with zero attached hydrogens (tertiary/aromatic N) is 7. The summed E-state index contributed by atoms with van der Waals surface area (Å²) >= 11 is 18.8. The number of rotatable bonds is 7. The molecule has 1 amide bonds. The number of alkyl halides is 2. The zero-order chi connectivity index (χ0) is 43.9. The third kappa shape index (κ3) is 14.0. The maximum atomic E-state index is 14.3. The number of nitriles is 2. The minimum Gasteiger partial charge on any atom is -0.364 e. The Balaban J connectivity index is 0.000000193. The van der Waals surface area contributed by atoms with E-state index < -0.39 is 22.6 Å². The van der Waals surface area contributed by atoms with Gasteiger partial charge in [0.15, 0.2) is 16.5 Å². The molecule has 1 aliphatic rings. The number of halogens is 8. The number of aromatic nitrogens is 3. The molecule has 6 aromatic rings. The van der Waals surface area contributed by atoms with Crippen LogP contribution in [-0.4, -0.2) is 63.9 Å². The van der Waals surface area contributed by atoms with Crippen LogP contribution in [-0.2, 0) is 4.79 Å². The lowest BCUT2D eigenvalue weighted by molar-refractivity contribution is -0.121. The first-order valence-corrected chi connectivity index (χ1v) is 22.7. The lowest BCUT2D eigenvalue weighted by Gasteiger charge is -2.22. The lowest BCUT2D eigenvalue weighted by Crippen LogP contribution is -2.42. The minimum absolute atomic E-state index is 0.0203. The molecule has 0 radical (unpaired) electrons. The van der Waals surface area contributed by atoms with E-state index in [9.17, 15) is 22.8 Å². The molecule has 7 rings (SSSR count). The molecule has 310 valence electrons. The molecule has 1 saturated heterocycles. The quantitative estimate of drug-likeness (QED) is 0.0544. The normalized spacial score (nSPS) is 13.1. The number of nitrogens with one attached hydrogen (secondary N) is 1. The molecule has 3 aromatic carbocycles. The Morgan fingerprint density at radius 1 is 0.917 bits per heavy atom. The number of ketones is 1. The number of thiazole rings is 2. The van der Waals surface area contributed by atoms with Crippen LogP contribution in [0.25, 0.3) is 22.5 Å². The Kier molecular flexibility index (Phi) is 19.4. The smallest absolute Gasteiger partial charge is 0.251 e. The van der Waals surface area contributed by atoms with Crippen LogP contribution >= 0.6 is 105 Å². The van der Waals surface area contributed by atoms with Crippen molar-refractivity contribution in [3.8, 4) is 34.8 Å². The zero-order valence-corrected chi connectivity index (χ0v) is 40.5. The predicted molar refractivity (Wildman–Crippen MR) is 250 cm³/mol. The Morgan fingerprint density at radius 3 is 2.10 bits per heavy atom. The van der Waals surface area contributed by atoms with Gasteiger partial charge in [-0.2, -0.15) is 19.3 Å². The second kappa shape index (κ2) is 23.9. The van der Waals surface area contributed by atoms with Crippen LogP contribution in [0.15, 0.2) is 105 Å². The van der Waals surface area contributed by atoms with E-state index in [1.165, 1.54) is 26.5 Å². The highest BCUT2D eigenvalue weighted by molar-refractivity contribution is 14.1. The largest absolute Gasteiger partial charge is 0.364 e. The molecule has 0 bridgehead atoms. The van der Waals surface area contributed by atoms with Crippen molar-refractivity contribution in [3.63, 3.8) is 0 Å². The van der Waals surface area contributed by atoms with Crippen LogP contribution in [0.2, 0.25) is 0 Å². The number of carbonyl (C=O) groups excluding carboxylic acids is 2. The molecule has 60 heavy (non-hydrogen) atoms.